The highest BCUT2D eigenvalue weighted by atomic mass is 79.9. The number of phenols is 1. The van der Waals surface area contributed by atoms with Crippen LogP contribution in [0.2, 0.25) is 0 Å². The quantitative estimate of drug-likeness (QED) is 0.278. The Morgan fingerprint density at radius 3 is 2.72 bits per heavy atom. The maximum absolute atomic E-state index is 12.7. The second-order valence-electron chi connectivity index (χ2n) is 6.99. The van der Waals surface area contributed by atoms with Gasteiger partial charge in [-0.15, -0.1) is 0 Å². The molecule has 2 N–H and O–H groups in total. The van der Waals surface area contributed by atoms with Crippen molar-refractivity contribution in [3.05, 3.63) is 44.8 Å². The van der Waals surface area contributed by atoms with E-state index >= 15 is 0 Å². The molecule has 1 aliphatic heterocycles. The molecule has 0 bridgehead atoms. The van der Waals surface area contributed by atoms with Gasteiger partial charge in [-0.1, -0.05) is 22.9 Å². The zero-order valence-corrected chi connectivity index (χ0v) is 21.0. The van der Waals surface area contributed by atoms with E-state index in [4.69, 9.17) is 18.9 Å². The Hall–Kier alpha value is -2.11. The Kier molecular flexibility index (Phi) is 8.55. The Morgan fingerprint density at radius 1 is 1.22 bits per heavy atom. The number of amides is 1. The Morgan fingerprint density at radius 2 is 1.97 bits per heavy atom. The van der Waals surface area contributed by atoms with Crippen LogP contribution < -0.4 is 14.8 Å². The molecule has 172 valence electrons. The van der Waals surface area contributed by atoms with E-state index in [0.29, 0.717) is 38.1 Å². The van der Waals surface area contributed by atoms with Crippen molar-refractivity contribution in [2.75, 3.05) is 24.5 Å². The molecular formula is C21H21Br2NO7S. The molecule has 0 saturated carbocycles. The summed E-state index contributed by atoms with van der Waals surface area (Å²) in [4.78, 5) is 24.1. The smallest absolute Gasteiger partial charge is 0.412 e. The number of halogens is 2. The van der Waals surface area contributed by atoms with Crippen LogP contribution in [0.25, 0.3) is 0 Å². The van der Waals surface area contributed by atoms with Crippen molar-refractivity contribution < 1.29 is 33.6 Å². The molecule has 2 aromatic carbocycles. The molecular weight excluding hydrogens is 570 g/mol. The van der Waals surface area contributed by atoms with Crippen LogP contribution in [0, 0.1) is 5.92 Å². The minimum absolute atomic E-state index is 0.0222. The summed E-state index contributed by atoms with van der Waals surface area (Å²) in [5.41, 5.74) is 0.869. The topological polar surface area (TPSA) is 103 Å². The van der Waals surface area contributed by atoms with Gasteiger partial charge in [0.1, 0.15) is 11.9 Å². The lowest BCUT2D eigenvalue weighted by atomic mass is 9.94. The lowest BCUT2D eigenvalue weighted by Crippen LogP contribution is -2.23. The molecule has 0 fully saturated rings. The van der Waals surface area contributed by atoms with Crippen molar-refractivity contribution in [3.63, 3.8) is 0 Å². The summed E-state index contributed by atoms with van der Waals surface area (Å²) in [6.45, 7) is 2.08. The van der Waals surface area contributed by atoms with Crippen LogP contribution in [-0.4, -0.2) is 36.3 Å². The highest BCUT2D eigenvalue weighted by molar-refractivity contribution is 9.11. The summed E-state index contributed by atoms with van der Waals surface area (Å²) in [6, 6.07) is 8.34. The van der Waals surface area contributed by atoms with Gasteiger partial charge in [0.15, 0.2) is 11.5 Å². The normalized spacial score (nSPS) is 13.9. The summed E-state index contributed by atoms with van der Waals surface area (Å²) in [6.07, 6.45) is -1.15. The number of carbonyl (C=O) groups is 2. The van der Waals surface area contributed by atoms with Crippen LogP contribution in [0.5, 0.6) is 17.2 Å². The first-order chi connectivity index (χ1) is 15.3. The van der Waals surface area contributed by atoms with E-state index in [0.717, 1.165) is 0 Å². The second kappa shape index (κ2) is 11.2. The molecule has 0 aromatic heterocycles. The van der Waals surface area contributed by atoms with Crippen LogP contribution in [0.3, 0.4) is 0 Å². The van der Waals surface area contributed by atoms with E-state index in [1.54, 1.807) is 30.3 Å². The summed E-state index contributed by atoms with van der Waals surface area (Å²) < 4.78 is 22.5. The number of carbonyl (C=O) groups excluding carboxylic acids is 2. The zero-order valence-electron chi connectivity index (χ0n) is 17.0. The lowest BCUT2D eigenvalue weighted by molar-refractivity contribution is -0.141. The Balaban J connectivity index is 1.77. The number of rotatable bonds is 8. The molecule has 32 heavy (non-hydrogen) atoms. The predicted octanol–water partition coefficient (Wildman–Crippen LogP) is 5.43. The average molecular weight is 591 g/mol. The fourth-order valence-corrected chi connectivity index (χ4v) is 4.43. The van der Waals surface area contributed by atoms with E-state index in [1.165, 1.54) is 0 Å². The number of esters is 1. The van der Waals surface area contributed by atoms with E-state index in [1.807, 2.05) is 6.92 Å². The van der Waals surface area contributed by atoms with Gasteiger partial charge in [0, 0.05) is 27.7 Å². The van der Waals surface area contributed by atoms with Crippen LogP contribution in [0.1, 0.15) is 25.0 Å². The minimum atomic E-state index is -0.826. The number of ether oxygens (including phenoxy) is 4. The maximum Gasteiger partial charge on any atom is 0.412 e. The molecule has 1 amide bonds. The summed E-state index contributed by atoms with van der Waals surface area (Å²) in [7, 11) is 0. The SMILES string of the molecule is C[C@@H](CCOC(=O)CS)[C@H](OC(=O)Nc1ccc2c(c1)OCO2)c1cc(Br)cc(Br)c1O. The first-order valence-corrected chi connectivity index (χ1v) is 11.8. The molecule has 11 heteroatoms. The molecule has 2 atom stereocenters. The van der Waals surface area contributed by atoms with Gasteiger partial charge in [0.25, 0.3) is 0 Å². The van der Waals surface area contributed by atoms with Gasteiger partial charge in [-0.3, -0.25) is 10.1 Å². The standard InChI is InChI=1S/C21H21Br2NO7S/c1-11(4-5-28-18(25)9-32)20(14-6-12(22)7-15(23)19(14)26)31-21(27)24-13-2-3-16-17(8-13)30-10-29-16/h2-3,6-8,11,20,26,32H,4-5,9-10H2,1H3,(H,24,27)/t11-,20-/m0/s1. The number of fused-ring (bicyclic) bond motifs is 1. The maximum atomic E-state index is 12.7. The molecule has 8 nitrogen and oxygen atoms in total. The molecule has 0 unspecified atom stereocenters. The molecule has 1 aliphatic rings. The summed E-state index contributed by atoms with van der Waals surface area (Å²) in [5, 5.41) is 13.3. The van der Waals surface area contributed by atoms with Crippen LogP contribution in [0.15, 0.2) is 39.3 Å². The third-order valence-corrected chi connectivity index (χ3v) is 6.02. The van der Waals surface area contributed by atoms with Crippen LogP contribution in [0.4, 0.5) is 10.5 Å². The summed E-state index contributed by atoms with van der Waals surface area (Å²) >= 11 is 10.6. The van der Waals surface area contributed by atoms with Crippen molar-refractivity contribution in [2.45, 2.75) is 19.4 Å². The Labute approximate surface area is 207 Å². The molecule has 0 radical (unpaired) electrons. The molecule has 2 aromatic rings. The molecule has 0 aliphatic carbocycles. The van der Waals surface area contributed by atoms with Gasteiger partial charge in [-0.05, 0) is 46.6 Å². The van der Waals surface area contributed by atoms with E-state index in [-0.39, 0.29) is 30.8 Å². The lowest BCUT2D eigenvalue weighted by Gasteiger charge is -2.26. The highest BCUT2D eigenvalue weighted by Gasteiger charge is 2.28. The fraction of sp³-hybridized carbons (Fsp3) is 0.333. The largest absolute Gasteiger partial charge is 0.506 e. The first kappa shape index (κ1) is 24.5. The first-order valence-electron chi connectivity index (χ1n) is 9.60. The number of nitrogens with one attached hydrogen (secondary N) is 1. The zero-order chi connectivity index (χ0) is 23.3. The third kappa shape index (κ3) is 6.23. The minimum Gasteiger partial charge on any atom is -0.506 e. The number of aromatic hydroxyl groups is 1. The number of thiol groups is 1. The van der Waals surface area contributed by atoms with Crippen molar-refractivity contribution in [1.82, 2.24) is 0 Å². The van der Waals surface area contributed by atoms with E-state index in [9.17, 15) is 14.7 Å². The fourth-order valence-electron chi connectivity index (χ4n) is 3.08. The monoisotopic (exact) mass is 589 g/mol. The molecule has 3 rings (SSSR count). The number of hydrogen-bond donors (Lipinski definition) is 3. The van der Waals surface area contributed by atoms with Crippen molar-refractivity contribution >= 4 is 62.2 Å². The van der Waals surface area contributed by atoms with Gasteiger partial charge < -0.3 is 24.1 Å². The van der Waals surface area contributed by atoms with Gasteiger partial charge in [-0.25, -0.2) is 4.79 Å². The van der Waals surface area contributed by atoms with E-state index in [2.05, 4.69) is 49.8 Å². The molecule has 1 heterocycles. The van der Waals surface area contributed by atoms with Crippen molar-refractivity contribution in [3.8, 4) is 17.2 Å². The number of phenolic OH excluding ortho intramolecular Hbond substituents is 1. The van der Waals surface area contributed by atoms with Gasteiger partial charge in [0.2, 0.25) is 6.79 Å². The van der Waals surface area contributed by atoms with E-state index < -0.39 is 18.2 Å². The van der Waals surface area contributed by atoms with Gasteiger partial charge >= 0.3 is 12.1 Å². The van der Waals surface area contributed by atoms with Crippen molar-refractivity contribution in [2.24, 2.45) is 5.92 Å². The third-order valence-electron chi connectivity index (χ3n) is 4.70. The second-order valence-corrected chi connectivity index (χ2v) is 9.08. The molecule has 0 spiro atoms. The highest BCUT2D eigenvalue weighted by Crippen LogP contribution is 2.41. The predicted molar refractivity (Wildman–Crippen MR) is 128 cm³/mol. The van der Waals surface area contributed by atoms with Crippen LogP contribution in [-0.2, 0) is 14.3 Å². The Bertz CT molecular complexity index is 1000. The average Bonchev–Trinajstić information content (AvgIpc) is 3.22. The number of benzene rings is 2. The summed E-state index contributed by atoms with van der Waals surface area (Å²) in [5.74, 6) is 0.311. The number of hydrogen-bond acceptors (Lipinski definition) is 8. The van der Waals surface area contributed by atoms with Crippen molar-refractivity contribution in [1.29, 1.82) is 0 Å². The van der Waals surface area contributed by atoms with Gasteiger partial charge in [0.05, 0.1) is 16.8 Å². The van der Waals surface area contributed by atoms with Gasteiger partial charge in [-0.2, -0.15) is 12.6 Å². The van der Waals surface area contributed by atoms with Crippen LogP contribution >= 0.6 is 44.5 Å². The molecule has 0 saturated heterocycles. The number of anilines is 1.